The summed E-state index contributed by atoms with van der Waals surface area (Å²) in [7, 11) is 1.97. The summed E-state index contributed by atoms with van der Waals surface area (Å²) in [6.07, 6.45) is 2.27. The summed E-state index contributed by atoms with van der Waals surface area (Å²) in [6, 6.07) is 6.22. The van der Waals surface area contributed by atoms with Crippen LogP contribution >= 0.6 is 0 Å². The van der Waals surface area contributed by atoms with Gasteiger partial charge in [0.2, 0.25) is 5.91 Å². The summed E-state index contributed by atoms with van der Waals surface area (Å²) in [6.45, 7) is 2.04. The van der Waals surface area contributed by atoms with Gasteiger partial charge >= 0.3 is 0 Å². The first-order chi connectivity index (χ1) is 7.08. The molecule has 3 nitrogen and oxygen atoms in total. The second-order valence-electron chi connectivity index (χ2n) is 3.93. The number of nitrogens with zero attached hydrogens (tertiary/aromatic N) is 1. The van der Waals surface area contributed by atoms with Crippen molar-refractivity contribution in [3.8, 4) is 0 Å². The maximum absolute atomic E-state index is 10.9. The molecule has 0 atom stereocenters. The molecule has 2 N–H and O–H groups in total. The number of hydrogen-bond acceptors (Lipinski definition) is 1. The largest absolute Gasteiger partial charge is 0.369 e. The van der Waals surface area contributed by atoms with Gasteiger partial charge in [0.25, 0.3) is 0 Å². The lowest BCUT2D eigenvalue weighted by molar-refractivity contribution is -0.117. The average molecular weight is 202 g/mol. The molecule has 0 aliphatic rings. The van der Waals surface area contributed by atoms with Crippen molar-refractivity contribution in [3.05, 3.63) is 35.5 Å². The van der Waals surface area contributed by atoms with Gasteiger partial charge in [-0.1, -0.05) is 11.6 Å². The standard InChI is InChI=1S/C12H14N2O/c1-8-3-4-11-10(5-8)9(6-12(13)15)7-14(11)2/h3-5,7H,6H2,1-2H3,(H2,13,15). The van der Waals surface area contributed by atoms with Gasteiger partial charge < -0.3 is 10.3 Å². The molecule has 2 rings (SSSR count). The zero-order chi connectivity index (χ0) is 11.0. The Morgan fingerprint density at radius 2 is 2.20 bits per heavy atom. The molecule has 1 aromatic carbocycles. The van der Waals surface area contributed by atoms with Crippen molar-refractivity contribution in [1.29, 1.82) is 0 Å². The third-order valence-corrected chi connectivity index (χ3v) is 2.59. The molecule has 1 heterocycles. The van der Waals surface area contributed by atoms with Crippen LogP contribution in [-0.2, 0) is 18.3 Å². The monoisotopic (exact) mass is 202 g/mol. The Morgan fingerprint density at radius 3 is 2.87 bits per heavy atom. The van der Waals surface area contributed by atoms with Crippen LogP contribution in [0, 0.1) is 6.92 Å². The number of aryl methyl sites for hydroxylation is 2. The number of amides is 1. The van der Waals surface area contributed by atoms with E-state index in [-0.39, 0.29) is 5.91 Å². The van der Waals surface area contributed by atoms with Crippen LogP contribution < -0.4 is 5.73 Å². The van der Waals surface area contributed by atoms with Crippen molar-refractivity contribution in [1.82, 2.24) is 4.57 Å². The lowest BCUT2D eigenvalue weighted by Gasteiger charge is -1.97. The van der Waals surface area contributed by atoms with Gasteiger partial charge in [-0.3, -0.25) is 4.79 Å². The van der Waals surface area contributed by atoms with E-state index < -0.39 is 0 Å². The van der Waals surface area contributed by atoms with Crippen LogP contribution in [0.5, 0.6) is 0 Å². The van der Waals surface area contributed by atoms with Crippen LogP contribution in [0.1, 0.15) is 11.1 Å². The first-order valence-corrected chi connectivity index (χ1v) is 4.91. The number of benzene rings is 1. The molecular formula is C12H14N2O. The summed E-state index contributed by atoms with van der Waals surface area (Å²) in [4.78, 5) is 10.9. The van der Waals surface area contributed by atoms with E-state index in [0.717, 1.165) is 16.5 Å². The Balaban J connectivity index is 2.64. The van der Waals surface area contributed by atoms with Gasteiger partial charge in [-0.15, -0.1) is 0 Å². The van der Waals surface area contributed by atoms with E-state index in [1.54, 1.807) is 0 Å². The van der Waals surface area contributed by atoms with Gasteiger partial charge in [-0.05, 0) is 24.6 Å². The maximum Gasteiger partial charge on any atom is 0.221 e. The molecule has 3 heteroatoms. The van der Waals surface area contributed by atoms with Crippen molar-refractivity contribution < 1.29 is 4.79 Å². The molecule has 2 aromatic rings. The molecule has 1 amide bonds. The molecule has 0 aliphatic heterocycles. The van der Waals surface area contributed by atoms with Gasteiger partial charge in [-0.2, -0.15) is 0 Å². The number of aromatic nitrogens is 1. The molecule has 0 spiro atoms. The molecule has 0 aliphatic carbocycles. The van der Waals surface area contributed by atoms with Gasteiger partial charge in [0.15, 0.2) is 0 Å². The lowest BCUT2D eigenvalue weighted by Crippen LogP contribution is -2.13. The molecule has 0 saturated heterocycles. The normalized spacial score (nSPS) is 10.8. The first kappa shape index (κ1) is 9.77. The highest BCUT2D eigenvalue weighted by molar-refractivity contribution is 5.89. The van der Waals surface area contributed by atoms with Gasteiger partial charge in [0.1, 0.15) is 0 Å². The number of carbonyl (C=O) groups is 1. The minimum absolute atomic E-state index is 0.288. The fourth-order valence-corrected chi connectivity index (χ4v) is 1.92. The van der Waals surface area contributed by atoms with Crippen LogP contribution in [-0.4, -0.2) is 10.5 Å². The molecule has 0 fully saturated rings. The summed E-state index contributed by atoms with van der Waals surface area (Å²) >= 11 is 0. The lowest BCUT2D eigenvalue weighted by atomic mass is 10.1. The Morgan fingerprint density at radius 1 is 1.47 bits per heavy atom. The Hall–Kier alpha value is -1.77. The first-order valence-electron chi connectivity index (χ1n) is 4.91. The van der Waals surface area contributed by atoms with E-state index in [4.69, 9.17) is 5.73 Å². The molecule has 1 aromatic heterocycles. The van der Waals surface area contributed by atoms with E-state index >= 15 is 0 Å². The number of hydrogen-bond donors (Lipinski definition) is 1. The van der Waals surface area contributed by atoms with Gasteiger partial charge in [-0.25, -0.2) is 0 Å². The van der Waals surface area contributed by atoms with Crippen LogP contribution in [0.15, 0.2) is 24.4 Å². The quantitative estimate of drug-likeness (QED) is 0.788. The summed E-state index contributed by atoms with van der Waals surface area (Å²) in [5.74, 6) is -0.288. The zero-order valence-corrected chi connectivity index (χ0v) is 8.95. The Kier molecular flexibility index (Phi) is 2.23. The topological polar surface area (TPSA) is 48.0 Å². The second kappa shape index (κ2) is 3.42. The SMILES string of the molecule is Cc1ccc2c(c1)c(CC(N)=O)cn2C. The fourth-order valence-electron chi connectivity index (χ4n) is 1.92. The minimum Gasteiger partial charge on any atom is -0.369 e. The second-order valence-corrected chi connectivity index (χ2v) is 3.93. The fraction of sp³-hybridized carbons (Fsp3) is 0.250. The summed E-state index contributed by atoms with van der Waals surface area (Å²) in [5, 5.41) is 1.12. The zero-order valence-electron chi connectivity index (χ0n) is 8.95. The number of nitrogens with two attached hydrogens (primary N) is 1. The number of carbonyl (C=O) groups excluding carboxylic acids is 1. The molecule has 0 unspecified atom stereocenters. The highest BCUT2D eigenvalue weighted by Crippen LogP contribution is 2.22. The van der Waals surface area contributed by atoms with E-state index in [1.807, 2.05) is 24.7 Å². The van der Waals surface area contributed by atoms with Crippen LogP contribution in [0.2, 0.25) is 0 Å². The van der Waals surface area contributed by atoms with Gasteiger partial charge in [0, 0.05) is 24.1 Å². The predicted molar refractivity (Wildman–Crippen MR) is 60.6 cm³/mol. The third-order valence-electron chi connectivity index (χ3n) is 2.59. The van der Waals surface area contributed by atoms with E-state index in [0.29, 0.717) is 6.42 Å². The minimum atomic E-state index is -0.288. The predicted octanol–water partition coefficient (Wildman–Crippen LogP) is 1.51. The van der Waals surface area contributed by atoms with Crippen LogP contribution in [0.4, 0.5) is 0 Å². The van der Waals surface area contributed by atoms with Crippen molar-refractivity contribution in [2.75, 3.05) is 0 Å². The van der Waals surface area contributed by atoms with E-state index in [1.165, 1.54) is 5.56 Å². The number of primary amides is 1. The highest BCUT2D eigenvalue weighted by Gasteiger charge is 2.08. The molecule has 0 bridgehead atoms. The molecule has 15 heavy (non-hydrogen) atoms. The number of fused-ring (bicyclic) bond motifs is 1. The van der Waals surface area contributed by atoms with Crippen LogP contribution in [0.25, 0.3) is 10.9 Å². The molecular weight excluding hydrogens is 188 g/mol. The Labute approximate surface area is 88.5 Å². The summed E-state index contributed by atoms with van der Waals surface area (Å²) < 4.78 is 2.02. The van der Waals surface area contributed by atoms with Crippen molar-refractivity contribution in [3.63, 3.8) is 0 Å². The van der Waals surface area contributed by atoms with E-state index in [2.05, 4.69) is 18.2 Å². The third kappa shape index (κ3) is 1.73. The average Bonchev–Trinajstić information content (AvgIpc) is 2.42. The van der Waals surface area contributed by atoms with Gasteiger partial charge in [0.05, 0.1) is 6.42 Å². The Bertz CT molecular complexity index is 526. The van der Waals surface area contributed by atoms with Crippen LogP contribution in [0.3, 0.4) is 0 Å². The molecule has 78 valence electrons. The smallest absolute Gasteiger partial charge is 0.221 e. The van der Waals surface area contributed by atoms with Crippen molar-refractivity contribution in [2.45, 2.75) is 13.3 Å². The molecule has 0 saturated carbocycles. The molecule has 0 radical (unpaired) electrons. The van der Waals surface area contributed by atoms with E-state index in [9.17, 15) is 4.79 Å². The highest BCUT2D eigenvalue weighted by atomic mass is 16.1. The summed E-state index contributed by atoms with van der Waals surface area (Å²) in [5.41, 5.74) is 8.55. The van der Waals surface area contributed by atoms with Crippen molar-refractivity contribution in [2.24, 2.45) is 12.8 Å². The maximum atomic E-state index is 10.9. The number of rotatable bonds is 2. The van der Waals surface area contributed by atoms with Crippen molar-refractivity contribution >= 4 is 16.8 Å².